The van der Waals surface area contributed by atoms with Gasteiger partial charge >= 0.3 is 6.03 Å². The van der Waals surface area contributed by atoms with Gasteiger partial charge in [0, 0.05) is 38.4 Å². The molecule has 5 nitrogen and oxygen atoms in total. The van der Waals surface area contributed by atoms with Crippen LogP contribution >= 0.6 is 15.9 Å². The van der Waals surface area contributed by atoms with E-state index in [1.54, 1.807) is 30.3 Å². The highest BCUT2D eigenvalue weighted by Crippen LogP contribution is 2.17. The van der Waals surface area contributed by atoms with E-state index in [1.165, 1.54) is 6.07 Å². The van der Waals surface area contributed by atoms with Crippen LogP contribution in [0.4, 0.5) is 9.18 Å². The quantitative estimate of drug-likeness (QED) is 0.638. The minimum Gasteiger partial charge on any atom is -0.338 e. The summed E-state index contributed by atoms with van der Waals surface area (Å²) in [5, 5.41) is 7.25. The van der Waals surface area contributed by atoms with Crippen LogP contribution in [0.1, 0.15) is 11.3 Å². The third-order valence-electron chi connectivity index (χ3n) is 4.13. The molecule has 0 aliphatic carbocycles. The standard InChI is InChI=1S/C20H20BrFN4O/c1-25(14-15-7-8-19(22)18(21)13-15)20(27)23-11-9-17-10-12-24-26(17)16-5-3-2-4-6-16/h2-8,10,12-13H,9,11,14H2,1H3,(H,23,27). The van der Waals surface area contributed by atoms with Crippen LogP contribution in [-0.4, -0.2) is 34.3 Å². The summed E-state index contributed by atoms with van der Waals surface area (Å²) >= 11 is 3.16. The van der Waals surface area contributed by atoms with E-state index in [9.17, 15) is 9.18 Å². The van der Waals surface area contributed by atoms with Crippen molar-refractivity contribution < 1.29 is 9.18 Å². The second-order valence-corrected chi connectivity index (χ2v) is 7.01. The fraction of sp³-hybridized carbons (Fsp3) is 0.200. The van der Waals surface area contributed by atoms with Crippen LogP contribution in [0.25, 0.3) is 5.69 Å². The molecule has 0 unspecified atom stereocenters. The third kappa shape index (κ3) is 4.95. The minimum atomic E-state index is -0.319. The van der Waals surface area contributed by atoms with Crippen LogP contribution in [0.5, 0.6) is 0 Å². The Bertz CT molecular complexity index is 913. The number of aromatic nitrogens is 2. The molecule has 0 bridgehead atoms. The van der Waals surface area contributed by atoms with E-state index in [0.717, 1.165) is 16.9 Å². The second kappa shape index (κ2) is 8.81. The molecule has 27 heavy (non-hydrogen) atoms. The highest BCUT2D eigenvalue weighted by Gasteiger charge is 2.11. The number of rotatable bonds is 6. The van der Waals surface area contributed by atoms with Gasteiger partial charge in [0.1, 0.15) is 5.82 Å². The predicted molar refractivity (Wildman–Crippen MR) is 106 cm³/mol. The van der Waals surface area contributed by atoms with Gasteiger partial charge in [-0.2, -0.15) is 5.10 Å². The zero-order valence-electron chi connectivity index (χ0n) is 14.9. The molecule has 2 amide bonds. The lowest BCUT2D eigenvalue weighted by Gasteiger charge is -2.18. The van der Waals surface area contributed by atoms with Crippen molar-refractivity contribution in [2.75, 3.05) is 13.6 Å². The van der Waals surface area contributed by atoms with Gasteiger partial charge in [-0.05, 0) is 51.8 Å². The number of para-hydroxylation sites is 1. The van der Waals surface area contributed by atoms with Gasteiger partial charge in [-0.3, -0.25) is 0 Å². The number of nitrogens with one attached hydrogen (secondary N) is 1. The Morgan fingerprint density at radius 1 is 1.22 bits per heavy atom. The number of benzene rings is 2. The SMILES string of the molecule is CN(Cc1ccc(F)c(Br)c1)C(=O)NCCc1ccnn1-c1ccccc1. The van der Waals surface area contributed by atoms with Gasteiger partial charge in [0.25, 0.3) is 0 Å². The molecule has 0 saturated carbocycles. The van der Waals surface area contributed by atoms with Crippen LogP contribution in [0.15, 0.2) is 65.3 Å². The number of hydrogen-bond acceptors (Lipinski definition) is 2. The lowest BCUT2D eigenvalue weighted by atomic mass is 10.2. The molecule has 0 atom stereocenters. The monoisotopic (exact) mass is 430 g/mol. The number of halogens is 2. The first-order valence-corrected chi connectivity index (χ1v) is 9.35. The molecule has 0 aliphatic rings. The molecule has 1 aromatic heterocycles. The van der Waals surface area contributed by atoms with Crippen molar-refractivity contribution in [3.05, 3.63) is 82.3 Å². The zero-order chi connectivity index (χ0) is 19.2. The van der Waals surface area contributed by atoms with E-state index >= 15 is 0 Å². The van der Waals surface area contributed by atoms with Crippen molar-refractivity contribution in [1.82, 2.24) is 20.0 Å². The van der Waals surface area contributed by atoms with Crippen molar-refractivity contribution in [3.63, 3.8) is 0 Å². The summed E-state index contributed by atoms with van der Waals surface area (Å²) in [5.41, 5.74) is 2.86. The summed E-state index contributed by atoms with van der Waals surface area (Å²) < 4.78 is 15.6. The maximum Gasteiger partial charge on any atom is 0.317 e. The molecule has 3 aromatic rings. The van der Waals surface area contributed by atoms with Gasteiger partial charge in [-0.15, -0.1) is 0 Å². The zero-order valence-corrected chi connectivity index (χ0v) is 16.5. The molecular formula is C20H20BrFN4O. The maximum absolute atomic E-state index is 13.3. The Morgan fingerprint density at radius 2 is 2.00 bits per heavy atom. The summed E-state index contributed by atoms with van der Waals surface area (Å²) in [4.78, 5) is 13.9. The van der Waals surface area contributed by atoms with Gasteiger partial charge in [0.05, 0.1) is 10.2 Å². The number of amides is 2. The van der Waals surface area contributed by atoms with E-state index in [4.69, 9.17) is 0 Å². The van der Waals surface area contributed by atoms with Crippen LogP contribution < -0.4 is 5.32 Å². The topological polar surface area (TPSA) is 50.2 Å². The third-order valence-corrected chi connectivity index (χ3v) is 4.74. The lowest BCUT2D eigenvalue weighted by molar-refractivity contribution is 0.207. The largest absolute Gasteiger partial charge is 0.338 e. The summed E-state index contributed by atoms with van der Waals surface area (Å²) in [5.74, 6) is -0.319. The highest BCUT2D eigenvalue weighted by atomic mass is 79.9. The van der Waals surface area contributed by atoms with Crippen molar-refractivity contribution in [1.29, 1.82) is 0 Å². The predicted octanol–water partition coefficient (Wildman–Crippen LogP) is 4.16. The Hall–Kier alpha value is -2.67. The van der Waals surface area contributed by atoms with Crippen LogP contribution in [0, 0.1) is 5.82 Å². The maximum atomic E-state index is 13.3. The molecule has 1 N–H and O–H groups in total. The van der Waals surface area contributed by atoms with Gasteiger partial charge in [-0.1, -0.05) is 24.3 Å². The molecule has 0 aliphatic heterocycles. The summed E-state index contributed by atoms with van der Waals surface area (Å²) in [6, 6.07) is 16.4. The number of urea groups is 1. The molecule has 2 aromatic carbocycles. The summed E-state index contributed by atoms with van der Waals surface area (Å²) in [7, 11) is 1.71. The number of carbonyl (C=O) groups is 1. The van der Waals surface area contributed by atoms with E-state index in [1.807, 2.05) is 41.1 Å². The first kappa shape index (κ1) is 19.1. The number of nitrogens with zero attached hydrogens (tertiary/aromatic N) is 3. The van der Waals surface area contributed by atoms with Gasteiger partial charge < -0.3 is 10.2 Å². The molecule has 0 radical (unpaired) electrons. The Labute approximate surface area is 165 Å². The first-order valence-electron chi connectivity index (χ1n) is 8.56. The summed E-state index contributed by atoms with van der Waals surface area (Å²) in [6.45, 7) is 0.890. The van der Waals surface area contributed by atoms with Gasteiger partial charge in [0.15, 0.2) is 0 Å². The molecule has 3 rings (SSSR count). The Morgan fingerprint density at radius 3 is 2.74 bits per heavy atom. The molecular weight excluding hydrogens is 411 g/mol. The molecule has 0 saturated heterocycles. The number of hydrogen-bond donors (Lipinski definition) is 1. The van der Waals surface area contributed by atoms with Gasteiger partial charge in [-0.25, -0.2) is 13.9 Å². The summed E-state index contributed by atoms with van der Waals surface area (Å²) in [6.07, 6.45) is 2.42. The Balaban J connectivity index is 1.52. The van der Waals surface area contributed by atoms with Crippen LogP contribution in [0.3, 0.4) is 0 Å². The van der Waals surface area contributed by atoms with E-state index in [0.29, 0.717) is 24.0 Å². The minimum absolute atomic E-state index is 0.179. The van der Waals surface area contributed by atoms with Crippen molar-refractivity contribution in [2.45, 2.75) is 13.0 Å². The highest BCUT2D eigenvalue weighted by molar-refractivity contribution is 9.10. The fourth-order valence-electron chi connectivity index (χ4n) is 2.74. The average molecular weight is 431 g/mol. The van der Waals surface area contributed by atoms with Crippen LogP contribution in [0.2, 0.25) is 0 Å². The van der Waals surface area contributed by atoms with Crippen LogP contribution in [-0.2, 0) is 13.0 Å². The van der Waals surface area contributed by atoms with Crippen molar-refractivity contribution >= 4 is 22.0 Å². The van der Waals surface area contributed by atoms with E-state index < -0.39 is 0 Å². The average Bonchev–Trinajstić information content (AvgIpc) is 3.14. The van der Waals surface area contributed by atoms with Crippen molar-refractivity contribution in [2.24, 2.45) is 0 Å². The van der Waals surface area contributed by atoms with E-state index in [2.05, 4.69) is 26.3 Å². The smallest absolute Gasteiger partial charge is 0.317 e. The first-order chi connectivity index (χ1) is 13.0. The second-order valence-electron chi connectivity index (χ2n) is 6.16. The van der Waals surface area contributed by atoms with Gasteiger partial charge in [0.2, 0.25) is 0 Å². The fourth-order valence-corrected chi connectivity index (χ4v) is 3.16. The number of carbonyl (C=O) groups excluding carboxylic acids is 1. The van der Waals surface area contributed by atoms with Crippen molar-refractivity contribution in [3.8, 4) is 5.69 Å². The molecule has 0 spiro atoms. The normalized spacial score (nSPS) is 10.6. The molecule has 1 heterocycles. The lowest BCUT2D eigenvalue weighted by Crippen LogP contribution is -2.37. The molecule has 0 fully saturated rings. The molecule has 140 valence electrons. The van der Waals surface area contributed by atoms with E-state index in [-0.39, 0.29) is 11.8 Å². The molecule has 7 heteroatoms. The Kier molecular flexibility index (Phi) is 6.24.